The van der Waals surface area contributed by atoms with E-state index in [1.807, 2.05) is 91.9 Å². The summed E-state index contributed by atoms with van der Waals surface area (Å²) in [5, 5.41) is 15.4. The van der Waals surface area contributed by atoms with Gasteiger partial charge in [-0.2, -0.15) is 0 Å². The quantitative estimate of drug-likeness (QED) is 0.169. The van der Waals surface area contributed by atoms with Gasteiger partial charge in [-0.25, -0.2) is 0 Å². The largest absolute Gasteiger partial charge is 0.507 e. The van der Waals surface area contributed by atoms with Gasteiger partial charge in [-0.3, -0.25) is 9.97 Å². The fraction of sp³-hybridized carbons (Fsp3) is 0.0196. The van der Waals surface area contributed by atoms with Crippen molar-refractivity contribution < 1.29 is 30.6 Å². The van der Waals surface area contributed by atoms with Crippen LogP contribution in [0.15, 0.2) is 180 Å². The Balaban J connectivity index is 0.00000410. The first kappa shape index (κ1) is 35.1. The van der Waals surface area contributed by atoms with E-state index in [0.717, 1.165) is 94.3 Å². The van der Waals surface area contributed by atoms with E-state index >= 15 is 0 Å². The molecular weight excluding hydrogens is 868 g/mol. The fourth-order valence-corrected chi connectivity index (χ4v) is 7.69. The molecule has 56 heavy (non-hydrogen) atoms. The number of benzene rings is 7. The van der Waals surface area contributed by atoms with Gasteiger partial charge in [0.2, 0.25) is 0 Å². The van der Waals surface area contributed by atoms with Crippen LogP contribution >= 0.6 is 0 Å². The molecule has 0 spiro atoms. The Bertz CT molecular complexity index is 3060. The number of pyridine rings is 2. The van der Waals surface area contributed by atoms with E-state index in [1.165, 1.54) is 0 Å². The molecule has 7 aromatic carbocycles. The zero-order valence-corrected chi connectivity index (χ0v) is 32.6. The first-order valence-electron chi connectivity index (χ1n) is 18.4. The fourth-order valence-electron chi connectivity index (χ4n) is 7.69. The number of furan rings is 1. The van der Waals surface area contributed by atoms with Gasteiger partial charge in [0.15, 0.2) is 0 Å². The van der Waals surface area contributed by atoms with Gasteiger partial charge in [0, 0.05) is 71.0 Å². The van der Waals surface area contributed by atoms with Crippen molar-refractivity contribution in [1.82, 2.24) is 9.97 Å². The Morgan fingerprint density at radius 3 is 1.71 bits per heavy atom. The monoisotopic (exact) mass is 900 g/mol. The average molecular weight is 901 g/mol. The second-order valence-electron chi connectivity index (χ2n) is 13.9. The van der Waals surface area contributed by atoms with Crippen LogP contribution in [0.3, 0.4) is 0 Å². The first-order valence-corrected chi connectivity index (χ1v) is 18.4. The minimum absolute atomic E-state index is 0. The van der Waals surface area contributed by atoms with Crippen molar-refractivity contribution in [3.63, 3.8) is 0 Å². The molecule has 270 valence electrons. The maximum absolute atomic E-state index is 11.5. The number of phenols is 1. The molecule has 0 aliphatic rings. The van der Waals surface area contributed by atoms with Crippen LogP contribution in [0.5, 0.6) is 5.75 Å². The van der Waals surface area contributed by atoms with Gasteiger partial charge in [-0.1, -0.05) is 151 Å². The van der Waals surface area contributed by atoms with E-state index in [-0.39, 0.29) is 26.8 Å². The van der Waals surface area contributed by atoms with Gasteiger partial charge in [-0.05, 0) is 52.8 Å². The van der Waals surface area contributed by atoms with E-state index in [4.69, 9.17) is 14.4 Å². The van der Waals surface area contributed by atoms with E-state index in [1.54, 1.807) is 0 Å². The van der Waals surface area contributed by atoms with Crippen molar-refractivity contribution in [2.45, 2.75) is 6.92 Å². The molecule has 0 saturated carbocycles. The summed E-state index contributed by atoms with van der Waals surface area (Å²) < 4.78 is 6.76. The summed E-state index contributed by atoms with van der Waals surface area (Å²) in [6.45, 7) is 2.02. The molecule has 10 rings (SSSR count). The van der Waals surface area contributed by atoms with Crippen molar-refractivity contribution in [1.29, 1.82) is 0 Å². The van der Waals surface area contributed by atoms with Crippen molar-refractivity contribution in [2.24, 2.45) is 0 Å². The van der Waals surface area contributed by atoms with Crippen molar-refractivity contribution in [3.05, 3.63) is 188 Å². The number of aromatic nitrogens is 2. The van der Waals surface area contributed by atoms with Gasteiger partial charge in [-0.15, -0.1) is 24.3 Å². The minimum Gasteiger partial charge on any atom is -0.507 e. The summed E-state index contributed by atoms with van der Waals surface area (Å²) in [7, 11) is 0. The molecule has 10 aromatic rings. The second kappa shape index (κ2) is 14.6. The zero-order valence-electron chi connectivity index (χ0n) is 30.3. The predicted molar refractivity (Wildman–Crippen MR) is 225 cm³/mol. The Hall–Kier alpha value is -6.61. The van der Waals surface area contributed by atoms with Crippen LogP contribution < -0.4 is 0 Å². The van der Waals surface area contributed by atoms with Crippen LogP contribution in [0, 0.1) is 13.0 Å². The van der Waals surface area contributed by atoms with Crippen LogP contribution in [0.4, 0.5) is 0 Å². The summed E-state index contributed by atoms with van der Waals surface area (Å²) in [6, 6.07) is 63.3. The summed E-state index contributed by atoms with van der Waals surface area (Å²) >= 11 is 0. The predicted octanol–water partition coefficient (Wildman–Crippen LogP) is 13.3. The number of para-hydroxylation sites is 2. The van der Waals surface area contributed by atoms with Crippen molar-refractivity contribution in [2.75, 3.05) is 0 Å². The summed E-state index contributed by atoms with van der Waals surface area (Å²) in [5.74, 6) is 0.215. The summed E-state index contributed by atoms with van der Waals surface area (Å²) in [5.41, 5.74) is 13.5. The number of rotatable bonds is 6. The van der Waals surface area contributed by atoms with Gasteiger partial charge >= 0.3 is 0 Å². The third kappa shape index (κ3) is 6.28. The van der Waals surface area contributed by atoms with E-state index < -0.39 is 0 Å². The number of aromatic hydroxyl groups is 1. The topological polar surface area (TPSA) is 59.2 Å². The van der Waals surface area contributed by atoms with Gasteiger partial charge in [0.05, 0.1) is 5.69 Å². The molecule has 4 nitrogen and oxygen atoms in total. The third-order valence-electron chi connectivity index (χ3n) is 10.3. The molecule has 0 aliphatic heterocycles. The molecule has 0 fully saturated rings. The second-order valence-corrected chi connectivity index (χ2v) is 13.9. The standard InChI is InChI=1S/C51H33N2O2.Pt/c1-32-27-39(42-22-12-24-44-43-23-11-21-41(50(43)55-51(42)44)34-15-6-3-7-16-34)31-46(52-32)36-18-10-19-37(28-36)47-29-38(33-13-4-2-5-14-33)30-48(53-47)45-26-25-35-17-8-9-20-40(35)49(45)54;/h2-27,29-31,54H,1H3;/q-1;. The number of nitrogens with zero attached hydrogens (tertiary/aromatic N) is 2. The third-order valence-corrected chi connectivity index (χ3v) is 10.3. The molecule has 0 radical (unpaired) electrons. The number of phenolic OH excluding ortho intramolecular Hbond substituents is 1. The number of hydrogen-bond donors (Lipinski definition) is 1. The molecule has 0 amide bonds. The van der Waals surface area contributed by atoms with Crippen molar-refractivity contribution >= 4 is 32.7 Å². The van der Waals surface area contributed by atoms with Gasteiger partial charge in [0.25, 0.3) is 0 Å². The maximum atomic E-state index is 11.5. The van der Waals surface area contributed by atoms with Crippen LogP contribution in [-0.4, -0.2) is 15.1 Å². The van der Waals surface area contributed by atoms with E-state index in [0.29, 0.717) is 11.3 Å². The molecule has 0 unspecified atom stereocenters. The summed E-state index contributed by atoms with van der Waals surface area (Å²) in [6.07, 6.45) is 0. The first-order chi connectivity index (χ1) is 27.1. The summed E-state index contributed by atoms with van der Waals surface area (Å²) in [4.78, 5) is 10.1. The Morgan fingerprint density at radius 1 is 0.446 bits per heavy atom. The average Bonchev–Trinajstić information content (AvgIpc) is 3.63. The Labute approximate surface area is 339 Å². The molecule has 0 atom stereocenters. The minimum atomic E-state index is 0. The Kier molecular flexibility index (Phi) is 9.13. The SMILES string of the molecule is Cc1cc(-c2cccc3c2oc2c(-c4ccccc4)cccc23)cc(-c2[c-]c(-c3cc(-c4ccccc4)cc(-c4ccc5ccccc5c4O)n3)ccc2)n1.[Pt]. The van der Waals surface area contributed by atoms with Gasteiger partial charge in [0.1, 0.15) is 16.9 Å². The molecule has 0 saturated heterocycles. The molecule has 3 aromatic heterocycles. The van der Waals surface area contributed by atoms with E-state index in [2.05, 4.69) is 97.1 Å². The molecule has 5 heteroatoms. The zero-order chi connectivity index (χ0) is 36.9. The smallest absolute Gasteiger partial charge is 0.143 e. The number of fused-ring (bicyclic) bond motifs is 4. The van der Waals surface area contributed by atoms with Crippen LogP contribution in [0.1, 0.15) is 5.69 Å². The Morgan fingerprint density at radius 2 is 1.00 bits per heavy atom. The van der Waals surface area contributed by atoms with Crippen LogP contribution in [0.2, 0.25) is 0 Å². The number of aryl methyl sites for hydroxylation is 1. The normalized spacial score (nSPS) is 11.2. The molecule has 3 heterocycles. The van der Waals surface area contributed by atoms with Gasteiger partial charge < -0.3 is 9.52 Å². The van der Waals surface area contributed by atoms with Crippen molar-refractivity contribution in [3.8, 4) is 72.9 Å². The molecular formula is C51H33N2O2Pt-. The molecule has 0 bridgehead atoms. The molecule has 0 aliphatic carbocycles. The van der Waals surface area contributed by atoms with E-state index in [9.17, 15) is 5.11 Å². The molecule has 1 N–H and O–H groups in total. The maximum Gasteiger partial charge on any atom is 0.143 e. The van der Waals surface area contributed by atoms with Crippen LogP contribution in [-0.2, 0) is 21.1 Å². The number of hydrogen-bond acceptors (Lipinski definition) is 4. The van der Waals surface area contributed by atoms with Crippen LogP contribution in [0.25, 0.3) is 99.9 Å².